The highest BCUT2D eigenvalue weighted by Crippen LogP contribution is 1.92. The minimum absolute atomic E-state index is 0.173. The summed E-state index contributed by atoms with van der Waals surface area (Å²) >= 11 is 0. The molecule has 0 saturated heterocycles. The van der Waals surface area contributed by atoms with E-state index in [-0.39, 0.29) is 12.5 Å². The second-order valence-corrected chi connectivity index (χ2v) is 3.36. The van der Waals surface area contributed by atoms with Crippen LogP contribution >= 0.6 is 0 Å². The van der Waals surface area contributed by atoms with E-state index < -0.39 is 6.10 Å². The maximum absolute atomic E-state index is 11.5. The lowest BCUT2D eigenvalue weighted by atomic mass is 10.3. The van der Waals surface area contributed by atoms with Crippen LogP contribution in [0, 0.1) is 0 Å². The molecule has 3 N–H and O–H groups in total. The van der Waals surface area contributed by atoms with Gasteiger partial charge in [0.15, 0.2) is 0 Å². The quantitative estimate of drug-likeness (QED) is 0.613. The largest absolute Gasteiger partial charge is 0.370 e. The summed E-state index contributed by atoms with van der Waals surface area (Å²) in [5.74, 6) is 0.620. The second kappa shape index (κ2) is 6.19. The monoisotopic (exact) mass is 227 g/mol. The maximum atomic E-state index is 11.5. The number of methoxy groups -OCH3 is 1. The Hall–Kier alpha value is -1.47. The first-order valence-electron chi connectivity index (χ1n) is 5.02. The third kappa shape index (κ3) is 3.28. The Morgan fingerprint density at radius 2 is 2.50 bits per heavy atom. The average molecular weight is 227 g/mol. The highest BCUT2D eigenvalue weighted by Gasteiger charge is 2.14. The number of carbonyl (C=O) groups excluding carboxylic acids is 1. The van der Waals surface area contributed by atoms with Gasteiger partial charge in [-0.2, -0.15) is 0 Å². The van der Waals surface area contributed by atoms with Gasteiger partial charge in [0.05, 0.1) is 0 Å². The molecule has 0 spiro atoms. The molecule has 0 aliphatic heterocycles. The average Bonchev–Trinajstić information content (AvgIpc) is 2.66. The number of aromatic nitrogens is 3. The normalized spacial score (nSPS) is 12.4. The highest BCUT2D eigenvalue weighted by atomic mass is 16.5. The smallest absolute Gasteiger partial charge is 0.250 e. The van der Waals surface area contributed by atoms with Crippen LogP contribution < -0.4 is 11.1 Å². The van der Waals surface area contributed by atoms with Crippen molar-refractivity contribution in [3.8, 4) is 0 Å². The molecule has 7 nitrogen and oxygen atoms in total. The van der Waals surface area contributed by atoms with Crippen molar-refractivity contribution in [3.05, 3.63) is 12.2 Å². The van der Waals surface area contributed by atoms with E-state index in [1.807, 2.05) is 11.6 Å². The minimum atomic E-state index is -0.584. The zero-order valence-electron chi connectivity index (χ0n) is 9.51. The van der Waals surface area contributed by atoms with Crippen LogP contribution in [-0.2, 0) is 23.0 Å². The lowest BCUT2D eigenvalue weighted by molar-refractivity contribution is -0.130. The summed E-state index contributed by atoms with van der Waals surface area (Å²) in [6.45, 7) is 0.664. The summed E-state index contributed by atoms with van der Waals surface area (Å²) in [6, 6.07) is 0. The molecule has 1 aromatic heterocycles. The van der Waals surface area contributed by atoms with Crippen molar-refractivity contribution in [3.63, 3.8) is 0 Å². The number of nitrogens with two attached hydrogens (primary N) is 1. The Labute approximate surface area is 94.0 Å². The lowest BCUT2D eigenvalue weighted by Crippen LogP contribution is -2.41. The van der Waals surface area contributed by atoms with Crippen LogP contribution in [0.4, 0.5) is 0 Å². The highest BCUT2D eigenvalue weighted by molar-refractivity contribution is 5.80. The molecule has 1 rings (SSSR count). The van der Waals surface area contributed by atoms with Gasteiger partial charge in [-0.25, -0.2) is 0 Å². The summed E-state index contributed by atoms with van der Waals surface area (Å²) < 4.78 is 6.71. The summed E-state index contributed by atoms with van der Waals surface area (Å²) in [5, 5.41) is 10.4. The van der Waals surface area contributed by atoms with E-state index in [9.17, 15) is 4.79 Å². The fourth-order valence-electron chi connectivity index (χ4n) is 1.26. The maximum Gasteiger partial charge on any atom is 0.250 e. The van der Waals surface area contributed by atoms with E-state index in [0.717, 1.165) is 5.82 Å². The molecule has 0 aromatic carbocycles. The SMILES string of the molecule is COC(CN)C(=O)NCCc1nncn1C. The fraction of sp³-hybridized carbons (Fsp3) is 0.667. The van der Waals surface area contributed by atoms with E-state index in [4.69, 9.17) is 10.5 Å². The van der Waals surface area contributed by atoms with Gasteiger partial charge in [0.25, 0.3) is 0 Å². The van der Waals surface area contributed by atoms with E-state index in [2.05, 4.69) is 15.5 Å². The molecule has 1 amide bonds. The van der Waals surface area contributed by atoms with Gasteiger partial charge in [-0.3, -0.25) is 4.79 Å². The van der Waals surface area contributed by atoms with Crippen LogP contribution in [0.25, 0.3) is 0 Å². The number of hydrogen-bond acceptors (Lipinski definition) is 5. The molecular weight excluding hydrogens is 210 g/mol. The van der Waals surface area contributed by atoms with Crippen molar-refractivity contribution in [1.82, 2.24) is 20.1 Å². The first-order valence-corrected chi connectivity index (χ1v) is 5.02. The number of aryl methyl sites for hydroxylation is 1. The minimum Gasteiger partial charge on any atom is -0.370 e. The predicted molar refractivity (Wildman–Crippen MR) is 57.6 cm³/mol. The molecule has 0 radical (unpaired) electrons. The Bertz CT molecular complexity index is 334. The summed E-state index contributed by atoms with van der Waals surface area (Å²) in [7, 11) is 3.31. The molecule has 0 aliphatic carbocycles. The first-order chi connectivity index (χ1) is 7.69. The van der Waals surface area contributed by atoms with Crippen LogP contribution in [0.1, 0.15) is 5.82 Å². The van der Waals surface area contributed by atoms with E-state index >= 15 is 0 Å². The van der Waals surface area contributed by atoms with Crippen LogP contribution in [0.15, 0.2) is 6.33 Å². The number of hydrogen-bond donors (Lipinski definition) is 2. The molecular formula is C9H17N5O2. The van der Waals surface area contributed by atoms with Gasteiger partial charge < -0.3 is 20.4 Å². The van der Waals surface area contributed by atoms with Crippen molar-refractivity contribution in [2.45, 2.75) is 12.5 Å². The van der Waals surface area contributed by atoms with E-state index in [1.54, 1.807) is 6.33 Å². The standard InChI is InChI=1S/C9H17N5O2/c1-14-6-12-13-8(14)3-4-11-9(15)7(5-10)16-2/h6-7H,3-5,10H2,1-2H3,(H,11,15). The molecule has 1 unspecified atom stereocenters. The molecule has 0 bridgehead atoms. The number of carbonyl (C=O) groups is 1. The first kappa shape index (κ1) is 12.6. The Morgan fingerprint density at radius 3 is 3.00 bits per heavy atom. The molecule has 1 aromatic rings. The number of rotatable bonds is 6. The number of nitrogens with zero attached hydrogens (tertiary/aromatic N) is 3. The van der Waals surface area contributed by atoms with Crippen molar-refractivity contribution < 1.29 is 9.53 Å². The van der Waals surface area contributed by atoms with Crippen LogP contribution in [0.3, 0.4) is 0 Å². The van der Waals surface area contributed by atoms with Crippen molar-refractivity contribution >= 4 is 5.91 Å². The lowest BCUT2D eigenvalue weighted by Gasteiger charge is -2.12. The van der Waals surface area contributed by atoms with Gasteiger partial charge in [-0.05, 0) is 0 Å². The Balaban J connectivity index is 2.30. The third-order valence-corrected chi connectivity index (χ3v) is 2.24. The fourth-order valence-corrected chi connectivity index (χ4v) is 1.26. The van der Waals surface area contributed by atoms with Gasteiger partial charge in [0, 0.05) is 33.7 Å². The molecule has 0 aliphatic rings. The van der Waals surface area contributed by atoms with Gasteiger partial charge in [0.2, 0.25) is 5.91 Å². The van der Waals surface area contributed by atoms with E-state index in [1.165, 1.54) is 7.11 Å². The summed E-state index contributed by atoms with van der Waals surface area (Å²) in [6.07, 6.45) is 1.66. The van der Waals surface area contributed by atoms with Crippen LogP contribution in [-0.4, -0.2) is 47.0 Å². The van der Waals surface area contributed by atoms with Gasteiger partial charge in [-0.15, -0.1) is 10.2 Å². The zero-order valence-corrected chi connectivity index (χ0v) is 9.51. The van der Waals surface area contributed by atoms with E-state index in [0.29, 0.717) is 13.0 Å². The predicted octanol–water partition coefficient (Wildman–Crippen LogP) is -1.55. The molecule has 16 heavy (non-hydrogen) atoms. The van der Waals surface area contributed by atoms with Gasteiger partial charge in [0.1, 0.15) is 18.3 Å². The Morgan fingerprint density at radius 1 is 1.75 bits per heavy atom. The van der Waals surface area contributed by atoms with Crippen molar-refractivity contribution in [1.29, 1.82) is 0 Å². The van der Waals surface area contributed by atoms with Gasteiger partial charge >= 0.3 is 0 Å². The number of ether oxygens (including phenoxy) is 1. The topological polar surface area (TPSA) is 95.1 Å². The third-order valence-electron chi connectivity index (χ3n) is 2.24. The Kier molecular flexibility index (Phi) is 4.87. The molecule has 0 fully saturated rings. The molecule has 1 heterocycles. The molecule has 7 heteroatoms. The van der Waals surface area contributed by atoms with Gasteiger partial charge in [-0.1, -0.05) is 0 Å². The summed E-state index contributed by atoms with van der Waals surface area (Å²) in [4.78, 5) is 11.5. The zero-order chi connectivity index (χ0) is 12.0. The van der Waals surface area contributed by atoms with Crippen LogP contribution in [0.5, 0.6) is 0 Å². The number of amides is 1. The summed E-state index contributed by atoms with van der Waals surface area (Å²) in [5.41, 5.74) is 5.36. The molecule has 0 saturated carbocycles. The van der Waals surface area contributed by atoms with Crippen molar-refractivity contribution in [2.75, 3.05) is 20.2 Å². The molecule has 90 valence electrons. The van der Waals surface area contributed by atoms with Crippen molar-refractivity contribution in [2.24, 2.45) is 12.8 Å². The van der Waals surface area contributed by atoms with Crippen LogP contribution in [0.2, 0.25) is 0 Å². The molecule has 1 atom stereocenters. The second-order valence-electron chi connectivity index (χ2n) is 3.36. The number of nitrogens with one attached hydrogen (secondary N) is 1.